The van der Waals surface area contributed by atoms with Crippen LogP contribution in [-0.2, 0) is 4.79 Å². The molecule has 4 nitrogen and oxygen atoms in total. The normalized spacial score (nSPS) is 10.9. The molecule has 3 rings (SSSR count). The van der Waals surface area contributed by atoms with Crippen LogP contribution in [0.15, 0.2) is 48.5 Å². The molecule has 0 aliphatic heterocycles. The standard InChI is InChI=1S/C18H18N2O2S/c1-12(2)19-17(21)11-22-14-9-7-13(8-10-14)18-20-15-5-3-4-6-16(15)23-18/h3-10,12H,11H2,1-2H3,(H,19,21). The molecule has 5 heteroatoms. The van der Waals surface area contributed by atoms with Crippen molar-refractivity contribution in [1.29, 1.82) is 0 Å². The number of hydrogen-bond donors (Lipinski definition) is 1. The fourth-order valence-corrected chi connectivity index (χ4v) is 3.17. The van der Waals surface area contributed by atoms with E-state index in [4.69, 9.17) is 4.74 Å². The van der Waals surface area contributed by atoms with Crippen LogP contribution >= 0.6 is 11.3 Å². The Labute approximate surface area is 139 Å². The lowest BCUT2D eigenvalue weighted by atomic mass is 10.2. The van der Waals surface area contributed by atoms with Crippen molar-refractivity contribution in [2.75, 3.05) is 6.61 Å². The summed E-state index contributed by atoms with van der Waals surface area (Å²) < 4.78 is 6.66. The van der Waals surface area contributed by atoms with Gasteiger partial charge in [-0.15, -0.1) is 11.3 Å². The minimum absolute atomic E-state index is 0.0265. The summed E-state index contributed by atoms with van der Waals surface area (Å²) >= 11 is 1.67. The van der Waals surface area contributed by atoms with Crippen LogP contribution in [-0.4, -0.2) is 23.5 Å². The lowest BCUT2D eigenvalue weighted by molar-refractivity contribution is -0.123. The van der Waals surface area contributed by atoms with E-state index in [0.29, 0.717) is 5.75 Å². The Morgan fingerprint density at radius 2 is 1.91 bits per heavy atom. The molecule has 2 aromatic carbocycles. The average Bonchev–Trinajstić information content (AvgIpc) is 2.97. The summed E-state index contributed by atoms with van der Waals surface area (Å²) in [4.78, 5) is 16.2. The van der Waals surface area contributed by atoms with Crippen LogP contribution < -0.4 is 10.1 Å². The van der Waals surface area contributed by atoms with E-state index in [1.807, 2.05) is 56.3 Å². The molecule has 1 aromatic heterocycles. The first-order chi connectivity index (χ1) is 11.1. The molecular formula is C18H18N2O2S. The molecule has 0 saturated carbocycles. The molecule has 0 bridgehead atoms. The smallest absolute Gasteiger partial charge is 0.258 e. The number of amides is 1. The summed E-state index contributed by atoms with van der Waals surface area (Å²) in [5.74, 6) is 0.559. The van der Waals surface area contributed by atoms with Crippen LogP contribution in [0.5, 0.6) is 5.75 Å². The fraction of sp³-hybridized carbons (Fsp3) is 0.222. The van der Waals surface area contributed by atoms with E-state index in [1.54, 1.807) is 11.3 Å². The first-order valence-electron chi connectivity index (χ1n) is 7.50. The summed E-state index contributed by atoms with van der Waals surface area (Å²) in [6.07, 6.45) is 0. The molecule has 0 fully saturated rings. The predicted molar refractivity (Wildman–Crippen MR) is 93.8 cm³/mol. The van der Waals surface area contributed by atoms with Crippen molar-refractivity contribution in [1.82, 2.24) is 10.3 Å². The topological polar surface area (TPSA) is 51.2 Å². The Morgan fingerprint density at radius 1 is 1.17 bits per heavy atom. The van der Waals surface area contributed by atoms with Gasteiger partial charge in [-0.05, 0) is 50.2 Å². The fourth-order valence-electron chi connectivity index (χ4n) is 2.20. The molecule has 3 aromatic rings. The number of carbonyl (C=O) groups excluding carboxylic acids is 1. The highest BCUT2D eigenvalue weighted by Gasteiger charge is 2.07. The second kappa shape index (κ2) is 6.79. The van der Waals surface area contributed by atoms with E-state index in [1.165, 1.54) is 4.70 Å². The third-order valence-electron chi connectivity index (χ3n) is 3.21. The zero-order chi connectivity index (χ0) is 16.2. The van der Waals surface area contributed by atoms with Crippen LogP contribution in [0.1, 0.15) is 13.8 Å². The Hall–Kier alpha value is -2.40. The summed E-state index contributed by atoms with van der Waals surface area (Å²) in [7, 11) is 0. The van der Waals surface area contributed by atoms with Crippen molar-refractivity contribution in [3.05, 3.63) is 48.5 Å². The number of fused-ring (bicyclic) bond motifs is 1. The largest absolute Gasteiger partial charge is 0.484 e. The Morgan fingerprint density at radius 3 is 2.61 bits per heavy atom. The molecule has 118 valence electrons. The van der Waals surface area contributed by atoms with Crippen LogP contribution in [0.3, 0.4) is 0 Å². The number of benzene rings is 2. The number of thiazole rings is 1. The molecule has 0 saturated heterocycles. The summed E-state index contributed by atoms with van der Waals surface area (Å²) in [5, 5.41) is 3.77. The van der Waals surface area contributed by atoms with Gasteiger partial charge >= 0.3 is 0 Å². The number of carbonyl (C=O) groups is 1. The van der Waals surface area contributed by atoms with E-state index in [0.717, 1.165) is 16.1 Å². The monoisotopic (exact) mass is 326 g/mol. The molecule has 0 radical (unpaired) electrons. The molecule has 1 heterocycles. The maximum Gasteiger partial charge on any atom is 0.258 e. The van der Waals surface area contributed by atoms with Crippen molar-refractivity contribution in [3.63, 3.8) is 0 Å². The van der Waals surface area contributed by atoms with Crippen molar-refractivity contribution < 1.29 is 9.53 Å². The van der Waals surface area contributed by atoms with Gasteiger partial charge in [0.2, 0.25) is 0 Å². The molecule has 1 N–H and O–H groups in total. The SMILES string of the molecule is CC(C)NC(=O)COc1ccc(-c2nc3ccccc3s2)cc1. The molecule has 0 aliphatic rings. The Kier molecular flexibility index (Phi) is 4.57. The van der Waals surface area contributed by atoms with Gasteiger partial charge in [-0.1, -0.05) is 12.1 Å². The average molecular weight is 326 g/mol. The van der Waals surface area contributed by atoms with Gasteiger partial charge in [-0.2, -0.15) is 0 Å². The minimum Gasteiger partial charge on any atom is -0.484 e. The highest BCUT2D eigenvalue weighted by atomic mass is 32.1. The van der Waals surface area contributed by atoms with Gasteiger partial charge in [0, 0.05) is 11.6 Å². The van der Waals surface area contributed by atoms with Gasteiger partial charge in [0.05, 0.1) is 10.2 Å². The zero-order valence-electron chi connectivity index (χ0n) is 13.1. The summed E-state index contributed by atoms with van der Waals surface area (Å²) in [5.41, 5.74) is 2.06. The molecule has 0 aliphatic carbocycles. The minimum atomic E-state index is -0.116. The van der Waals surface area contributed by atoms with Crippen LogP contribution in [0.25, 0.3) is 20.8 Å². The lowest BCUT2D eigenvalue weighted by Crippen LogP contribution is -2.34. The van der Waals surface area contributed by atoms with Crippen LogP contribution in [0, 0.1) is 0 Å². The number of nitrogens with one attached hydrogen (secondary N) is 1. The molecule has 0 atom stereocenters. The van der Waals surface area contributed by atoms with E-state index in [9.17, 15) is 4.79 Å². The highest BCUT2D eigenvalue weighted by molar-refractivity contribution is 7.21. The van der Waals surface area contributed by atoms with Gasteiger partial charge in [0.1, 0.15) is 10.8 Å². The quantitative estimate of drug-likeness (QED) is 0.774. The molecule has 0 unspecified atom stereocenters. The number of para-hydroxylation sites is 1. The number of hydrogen-bond acceptors (Lipinski definition) is 4. The first-order valence-corrected chi connectivity index (χ1v) is 8.31. The molecule has 1 amide bonds. The lowest BCUT2D eigenvalue weighted by Gasteiger charge is -2.09. The van der Waals surface area contributed by atoms with Gasteiger partial charge in [-0.25, -0.2) is 4.98 Å². The van der Waals surface area contributed by atoms with Crippen molar-refractivity contribution in [2.24, 2.45) is 0 Å². The summed E-state index contributed by atoms with van der Waals surface area (Å²) in [6, 6.07) is 15.9. The van der Waals surface area contributed by atoms with E-state index >= 15 is 0 Å². The molecular weight excluding hydrogens is 308 g/mol. The number of aromatic nitrogens is 1. The Bertz CT molecular complexity index is 776. The second-order valence-electron chi connectivity index (χ2n) is 5.52. The van der Waals surface area contributed by atoms with Crippen LogP contribution in [0.4, 0.5) is 0 Å². The van der Waals surface area contributed by atoms with Crippen molar-refractivity contribution in [2.45, 2.75) is 19.9 Å². The summed E-state index contributed by atoms with van der Waals surface area (Å²) in [6.45, 7) is 3.87. The van der Waals surface area contributed by atoms with Gasteiger partial charge in [-0.3, -0.25) is 4.79 Å². The van der Waals surface area contributed by atoms with Crippen LogP contribution in [0.2, 0.25) is 0 Å². The van der Waals surface area contributed by atoms with Gasteiger partial charge < -0.3 is 10.1 Å². The van der Waals surface area contributed by atoms with Gasteiger partial charge in [0.25, 0.3) is 5.91 Å². The van der Waals surface area contributed by atoms with Gasteiger partial charge in [0.15, 0.2) is 6.61 Å². The molecule has 23 heavy (non-hydrogen) atoms. The maximum absolute atomic E-state index is 11.6. The number of ether oxygens (including phenoxy) is 1. The number of nitrogens with zero attached hydrogens (tertiary/aromatic N) is 1. The molecule has 0 spiro atoms. The van der Waals surface area contributed by atoms with Crippen molar-refractivity contribution in [3.8, 4) is 16.3 Å². The van der Waals surface area contributed by atoms with E-state index < -0.39 is 0 Å². The predicted octanol–water partition coefficient (Wildman–Crippen LogP) is 3.87. The van der Waals surface area contributed by atoms with E-state index in [-0.39, 0.29) is 18.6 Å². The highest BCUT2D eigenvalue weighted by Crippen LogP contribution is 2.30. The second-order valence-corrected chi connectivity index (χ2v) is 6.55. The zero-order valence-corrected chi connectivity index (χ0v) is 13.9. The van der Waals surface area contributed by atoms with E-state index in [2.05, 4.69) is 16.4 Å². The number of rotatable bonds is 5. The Balaban J connectivity index is 1.68. The van der Waals surface area contributed by atoms with Crippen molar-refractivity contribution >= 4 is 27.5 Å². The maximum atomic E-state index is 11.6. The first kappa shape index (κ1) is 15.5. The third kappa shape index (κ3) is 3.87. The third-order valence-corrected chi connectivity index (χ3v) is 4.30.